The van der Waals surface area contributed by atoms with Gasteiger partial charge in [-0.2, -0.15) is 0 Å². The van der Waals surface area contributed by atoms with Crippen LogP contribution in [-0.4, -0.2) is 66.2 Å². The van der Waals surface area contributed by atoms with Gasteiger partial charge in [-0.05, 0) is 0 Å². The fourth-order valence-electron chi connectivity index (χ4n) is 0. The summed E-state index contributed by atoms with van der Waals surface area (Å²) < 4.78 is 0. The van der Waals surface area contributed by atoms with Gasteiger partial charge >= 0.3 is 158 Å². The molecular weight excluding hydrogens is 417 g/mol. The van der Waals surface area contributed by atoms with Crippen molar-refractivity contribution >= 4 is 66.2 Å². The molecule has 0 aliphatic heterocycles. The quantitative estimate of drug-likeness (QED) is 0.356. The summed E-state index contributed by atoms with van der Waals surface area (Å²) in [4.78, 5) is 0. The molecule has 0 rings (SSSR count). The molecule has 0 aromatic rings. The predicted octanol–water partition coefficient (Wildman–Crippen LogP) is -3.76. The standard InChI is InChI=1S/Al.Ba.La.Na.Zr/q+3;+2;+3;+1;+2. The van der Waals surface area contributed by atoms with Gasteiger partial charge in [-0.15, -0.1) is 0 Å². The minimum atomic E-state index is 0. The molecule has 0 saturated heterocycles. The monoisotopic (exact) mass is 417 g/mol. The molecule has 0 heterocycles. The minimum absolute atomic E-state index is 0. The number of hydrogen-bond donors (Lipinski definition) is 0. The van der Waals surface area contributed by atoms with E-state index in [0.29, 0.717) is 0 Å². The van der Waals surface area contributed by atoms with Crippen molar-refractivity contribution in [3.63, 3.8) is 0 Å². The maximum absolute atomic E-state index is 0. The molecule has 0 nitrogen and oxygen atoms in total. The first-order valence-corrected chi connectivity index (χ1v) is 0. The Hall–Kier alpha value is 5.18. The molecule has 0 atom stereocenters. The fourth-order valence-corrected chi connectivity index (χ4v) is 0. The second kappa shape index (κ2) is 22.9. The molecular formula is AlBaLaNaZr+11. The van der Waals surface area contributed by atoms with Gasteiger partial charge < -0.3 is 0 Å². The van der Waals surface area contributed by atoms with E-state index in [1.54, 1.807) is 0 Å². The molecule has 5 heteroatoms. The van der Waals surface area contributed by atoms with Crippen molar-refractivity contribution in [3.8, 4) is 0 Å². The third-order valence-electron chi connectivity index (χ3n) is 0. The molecule has 0 fully saturated rings. The second-order valence-corrected chi connectivity index (χ2v) is 0. The van der Waals surface area contributed by atoms with Crippen LogP contribution in [-0.2, 0) is 26.2 Å². The van der Waals surface area contributed by atoms with Gasteiger partial charge in [0.1, 0.15) is 0 Å². The Labute approximate surface area is 153 Å². The van der Waals surface area contributed by atoms with E-state index < -0.39 is 0 Å². The van der Waals surface area contributed by atoms with Gasteiger partial charge in [0.25, 0.3) is 0 Å². The Bertz CT molecular complexity index is 11.6. The van der Waals surface area contributed by atoms with E-state index in [9.17, 15) is 0 Å². The van der Waals surface area contributed by atoms with Crippen molar-refractivity contribution in [3.05, 3.63) is 0 Å². The summed E-state index contributed by atoms with van der Waals surface area (Å²) in [7, 11) is 0. The zero-order valence-corrected chi connectivity index (χ0v) is 17.0. The Morgan fingerprint density at radius 2 is 1.00 bits per heavy atom. The van der Waals surface area contributed by atoms with Gasteiger partial charge in [-0.1, -0.05) is 0 Å². The average molecular weight is 417 g/mol. The summed E-state index contributed by atoms with van der Waals surface area (Å²) in [6.07, 6.45) is 0. The Kier molecular flexibility index (Phi) is 146. The van der Waals surface area contributed by atoms with E-state index in [4.69, 9.17) is 0 Å². The predicted molar refractivity (Wildman–Crippen MR) is 11.5 cm³/mol. The van der Waals surface area contributed by atoms with Crippen molar-refractivity contribution < 1.29 is 91.4 Å². The van der Waals surface area contributed by atoms with Crippen molar-refractivity contribution in [2.75, 3.05) is 0 Å². The molecule has 0 bridgehead atoms. The molecule has 0 unspecified atom stereocenters. The molecule has 0 amide bonds. The van der Waals surface area contributed by atoms with Crippen molar-refractivity contribution in [2.24, 2.45) is 0 Å². The van der Waals surface area contributed by atoms with Crippen LogP contribution in [0.5, 0.6) is 0 Å². The van der Waals surface area contributed by atoms with Crippen LogP contribution in [0.2, 0.25) is 0 Å². The molecule has 0 aliphatic rings. The van der Waals surface area contributed by atoms with E-state index in [1.807, 2.05) is 0 Å². The molecule has 0 aromatic carbocycles. The van der Waals surface area contributed by atoms with Crippen molar-refractivity contribution in [2.45, 2.75) is 0 Å². The maximum Gasteiger partial charge on any atom is 3.00 e. The van der Waals surface area contributed by atoms with Crippen LogP contribution in [0.25, 0.3) is 0 Å². The van der Waals surface area contributed by atoms with Gasteiger partial charge in [0.2, 0.25) is 0 Å². The van der Waals surface area contributed by atoms with Crippen LogP contribution in [0.4, 0.5) is 0 Å². The summed E-state index contributed by atoms with van der Waals surface area (Å²) in [5, 5.41) is 0. The van der Waals surface area contributed by atoms with Gasteiger partial charge in [0.05, 0.1) is 0 Å². The zero-order chi connectivity index (χ0) is 0. The third kappa shape index (κ3) is 17.6. The van der Waals surface area contributed by atoms with E-state index >= 15 is 0 Å². The van der Waals surface area contributed by atoms with Gasteiger partial charge in [0.15, 0.2) is 0 Å². The van der Waals surface area contributed by atoms with Gasteiger partial charge in [-0.3, -0.25) is 0 Å². The molecule has 0 aliphatic carbocycles. The van der Waals surface area contributed by atoms with Crippen LogP contribution in [0, 0.1) is 35.6 Å². The minimum Gasteiger partial charge on any atom is 1.00 e. The molecule has 5 heavy (non-hydrogen) atoms. The number of hydrogen-bond acceptors (Lipinski definition) is 0. The van der Waals surface area contributed by atoms with E-state index in [1.165, 1.54) is 0 Å². The molecule has 0 spiro atoms. The Morgan fingerprint density at radius 3 is 1.00 bits per heavy atom. The fraction of sp³-hybridized carbons (Fsp3) is 0. The van der Waals surface area contributed by atoms with Gasteiger partial charge in [-0.25, -0.2) is 0 Å². The number of rotatable bonds is 0. The first-order valence-electron chi connectivity index (χ1n) is 0. The Morgan fingerprint density at radius 1 is 1.00 bits per heavy atom. The first kappa shape index (κ1) is 32.0. The van der Waals surface area contributed by atoms with Crippen LogP contribution in [0.1, 0.15) is 0 Å². The summed E-state index contributed by atoms with van der Waals surface area (Å²) in [6.45, 7) is 0. The normalized spacial score (nSPS) is 0. The van der Waals surface area contributed by atoms with Crippen LogP contribution < -0.4 is 29.6 Å². The molecule has 0 aromatic heterocycles. The smallest absolute Gasteiger partial charge is 1.00 e. The van der Waals surface area contributed by atoms with Crippen LogP contribution in [0.3, 0.4) is 0 Å². The summed E-state index contributed by atoms with van der Waals surface area (Å²) in [5.74, 6) is 0. The van der Waals surface area contributed by atoms with Crippen LogP contribution in [0.15, 0.2) is 0 Å². The summed E-state index contributed by atoms with van der Waals surface area (Å²) >= 11 is 0. The van der Waals surface area contributed by atoms with Crippen molar-refractivity contribution in [1.29, 1.82) is 0 Å². The van der Waals surface area contributed by atoms with E-state index in [-0.39, 0.29) is 158 Å². The molecule has 0 N–H and O–H groups in total. The summed E-state index contributed by atoms with van der Waals surface area (Å²) in [5.41, 5.74) is 0. The molecule has 2 valence electrons. The van der Waals surface area contributed by atoms with E-state index in [0.717, 1.165) is 0 Å². The SMILES string of the molecule is [Al+3].[Ba+2].[La+3].[Na+].[Zr+2]. The maximum atomic E-state index is 0. The van der Waals surface area contributed by atoms with E-state index in [2.05, 4.69) is 0 Å². The molecule has 0 radical (unpaired) electrons. The first-order chi connectivity index (χ1) is 0. The topological polar surface area (TPSA) is 0 Å². The Balaban J connectivity index is 0. The average Bonchev–Trinajstić information content (AvgIpc) is 0. The molecule has 0 saturated carbocycles. The second-order valence-electron chi connectivity index (χ2n) is 0. The summed E-state index contributed by atoms with van der Waals surface area (Å²) in [6, 6.07) is 0. The van der Waals surface area contributed by atoms with Crippen molar-refractivity contribution in [1.82, 2.24) is 0 Å². The van der Waals surface area contributed by atoms with Gasteiger partial charge in [0, 0.05) is 0 Å². The van der Waals surface area contributed by atoms with Crippen LogP contribution >= 0.6 is 0 Å². The zero-order valence-electron chi connectivity index (χ0n) is 3.36. The third-order valence-corrected chi connectivity index (χ3v) is 0. The largest absolute Gasteiger partial charge is 3.00 e.